The summed E-state index contributed by atoms with van der Waals surface area (Å²) in [4.78, 5) is 20.4. The molecule has 2 aromatic rings. The van der Waals surface area contributed by atoms with Crippen LogP contribution < -0.4 is 4.90 Å². The first-order valence-corrected chi connectivity index (χ1v) is 10.3. The maximum atomic E-state index is 13.4. The second kappa shape index (κ2) is 7.59. The zero-order valence-corrected chi connectivity index (χ0v) is 17.2. The SMILES string of the molecule is CC(C)n1cc(CN2C(=O)N(c3ccc(C(F)(F)F)nc3)CC23CCCCC3)cn1. The summed E-state index contributed by atoms with van der Waals surface area (Å²) in [6.45, 7) is 4.99. The van der Waals surface area contributed by atoms with Crippen LogP contribution in [-0.4, -0.2) is 37.8 Å². The molecule has 0 atom stereocenters. The van der Waals surface area contributed by atoms with Gasteiger partial charge in [0.2, 0.25) is 0 Å². The minimum absolute atomic E-state index is 0.184. The molecule has 0 aromatic carbocycles. The number of aromatic nitrogens is 3. The Balaban J connectivity index is 1.62. The van der Waals surface area contributed by atoms with Crippen LogP contribution in [0.15, 0.2) is 30.7 Å². The van der Waals surface area contributed by atoms with Gasteiger partial charge in [-0.25, -0.2) is 9.78 Å². The van der Waals surface area contributed by atoms with Crippen molar-refractivity contribution in [1.29, 1.82) is 0 Å². The third-order valence-electron chi connectivity index (χ3n) is 6.15. The van der Waals surface area contributed by atoms with Gasteiger partial charge in [0.15, 0.2) is 0 Å². The Morgan fingerprint density at radius 3 is 2.43 bits per heavy atom. The van der Waals surface area contributed by atoms with Gasteiger partial charge in [0.05, 0.1) is 36.7 Å². The van der Waals surface area contributed by atoms with Crippen molar-refractivity contribution in [3.8, 4) is 0 Å². The molecule has 1 spiro atoms. The number of amides is 2. The Hall–Kier alpha value is -2.58. The van der Waals surface area contributed by atoms with Crippen molar-refractivity contribution in [1.82, 2.24) is 19.7 Å². The lowest BCUT2D eigenvalue weighted by Gasteiger charge is -2.40. The van der Waals surface area contributed by atoms with Crippen molar-refractivity contribution in [3.05, 3.63) is 42.0 Å². The molecule has 6 nitrogen and oxygen atoms in total. The van der Waals surface area contributed by atoms with Crippen LogP contribution in [0.5, 0.6) is 0 Å². The van der Waals surface area contributed by atoms with Crippen molar-refractivity contribution in [2.45, 2.75) is 70.3 Å². The van der Waals surface area contributed by atoms with E-state index in [1.807, 2.05) is 29.6 Å². The van der Waals surface area contributed by atoms with Crippen LogP contribution in [0, 0.1) is 0 Å². The molecule has 0 radical (unpaired) electrons. The number of nitrogens with zero attached hydrogens (tertiary/aromatic N) is 5. The van der Waals surface area contributed by atoms with Crippen LogP contribution in [0.1, 0.15) is 63.3 Å². The lowest BCUT2D eigenvalue weighted by molar-refractivity contribution is -0.141. The van der Waals surface area contributed by atoms with Crippen LogP contribution in [-0.2, 0) is 12.7 Å². The van der Waals surface area contributed by atoms with Crippen molar-refractivity contribution in [3.63, 3.8) is 0 Å². The van der Waals surface area contributed by atoms with E-state index in [2.05, 4.69) is 10.1 Å². The molecule has 3 heterocycles. The predicted octanol–water partition coefficient (Wildman–Crippen LogP) is 5.02. The molecule has 1 saturated heterocycles. The number of carbonyl (C=O) groups is 1. The van der Waals surface area contributed by atoms with Gasteiger partial charge >= 0.3 is 12.2 Å². The third kappa shape index (κ3) is 3.77. The molecule has 9 heteroatoms. The summed E-state index contributed by atoms with van der Waals surface area (Å²) in [7, 11) is 0. The highest BCUT2D eigenvalue weighted by molar-refractivity contribution is 5.95. The molecule has 0 bridgehead atoms. The van der Waals surface area contributed by atoms with E-state index >= 15 is 0 Å². The van der Waals surface area contributed by atoms with Crippen LogP contribution in [0.4, 0.5) is 23.7 Å². The monoisotopic (exact) mass is 421 g/mol. The Kier molecular flexibility index (Phi) is 5.23. The van der Waals surface area contributed by atoms with Gasteiger partial charge in [-0.3, -0.25) is 9.58 Å². The summed E-state index contributed by atoms with van der Waals surface area (Å²) >= 11 is 0. The molecule has 0 unspecified atom stereocenters. The molecule has 2 fully saturated rings. The minimum Gasteiger partial charge on any atom is -0.312 e. The topological polar surface area (TPSA) is 54.3 Å². The van der Waals surface area contributed by atoms with Crippen molar-refractivity contribution in [2.24, 2.45) is 0 Å². The van der Waals surface area contributed by atoms with E-state index in [-0.39, 0.29) is 17.6 Å². The Morgan fingerprint density at radius 1 is 1.13 bits per heavy atom. The second-order valence-electron chi connectivity index (χ2n) is 8.56. The second-order valence-corrected chi connectivity index (χ2v) is 8.56. The molecule has 162 valence electrons. The fourth-order valence-electron chi connectivity index (χ4n) is 4.51. The molecule has 2 amide bonds. The van der Waals surface area contributed by atoms with E-state index in [1.165, 1.54) is 6.07 Å². The smallest absolute Gasteiger partial charge is 0.312 e. The fraction of sp³-hybridized carbons (Fsp3) is 0.571. The molecule has 1 aliphatic carbocycles. The van der Waals surface area contributed by atoms with E-state index in [4.69, 9.17) is 0 Å². The number of pyridine rings is 1. The average Bonchev–Trinajstić information content (AvgIpc) is 3.28. The first-order valence-electron chi connectivity index (χ1n) is 10.3. The van der Waals surface area contributed by atoms with E-state index in [1.54, 1.807) is 11.1 Å². The lowest BCUT2D eigenvalue weighted by Crippen LogP contribution is -2.48. The summed E-state index contributed by atoms with van der Waals surface area (Å²) in [6, 6.07) is 2.32. The van der Waals surface area contributed by atoms with Gasteiger partial charge in [-0.05, 0) is 38.8 Å². The maximum Gasteiger partial charge on any atom is 0.433 e. The maximum absolute atomic E-state index is 13.4. The van der Waals surface area contributed by atoms with Crippen LogP contribution in [0.2, 0.25) is 0 Å². The van der Waals surface area contributed by atoms with Crippen LogP contribution in [0.3, 0.4) is 0 Å². The molecule has 4 rings (SSSR count). The lowest BCUT2D eigenvalue weighted by atomic mass is 9.81. The van der Waals surface area contributed by atoms with Gasteiger partial charge in [0.25, 0.3) is 0 Å². The number of carbonyl (C=O) groups excluding carboxylic acids is 1. The number of halogens is 3. The van der Waals surface area contributed by atoms with Gasteiger partial charge in [0, 0.05) is 17.8 Å². The Morgan fingerprint density at radius 2 is 1.87 bits per heavy atom. The number of urea groups is 1. The number of hydrogen-bond acceptors (Lipinski definition) is 3. The molecule has 0 N–H and O–H groups in total. The first-order chi connectivity index (χ1) is 14.2. The van der Waals surface area contributed by atoms with Crippen molar-refractivity contribution < 1.29 is 18.0 Å². The van der Waals surface area contributed by atoms with Gasteiger partial charge < -0.3 is 4.90 Å². The number of rotatable bonds is 4. The first kappa shape index (κ1) is 20.7. The summed E-state index contributed by atoms with van der Waals surface area (Å²) in [5.41, 5.74) is 0.0914. The quantitative estimate of drug-likeness (QED) is 0.696. The van der Waals surface area contributed by atoms with E-state index in [9.17, 15) is 18.0 Å². The summed E-state index contributed by atoms with van der Waals surface area (Å²) in [6.07, 6.45) is 5.38. The largest absolute Gasteiger partial charge is 0.433 e. The number of hydrogen-bond donors (Lipinski definition) is 0. The predicted molar refractivity (Wildman–Crippen MR) is 106 cm³/mol. The van der Waals surface area contributed by atoms with E-state index in [0.29, 0.717) is 18.8 Å². The molecule has 2 aromatic heterocycles. The third-order valence-corrected chi connectivity index (χ3v) is 6.15. The van der Waals surface area contributed by atoms with E-state index in [0.717, 1.165) is 49.9 Å². The zero-order chi connectivity index (χ0) is 21.5. The zero-order valence-electron chi connectivity index (χ0n) is 17.2. The molecule has 2 aliphatic rings. The molecule has 1 saturated carbocycles. The van der Waals surface area contributed by atoms with Crippen LogP contribution >= 0.6 is 0 Å². The van der Waals surface area contributed by atoms with Gasteiger partial charge in [-0.1, -0.05) is 19.3 Å². The molecular weight excluding hydrogens is 395 g/mol. The van der Waals surface area contributed by atoms with Gasteiger partial charge in [-0.15, -0.1) is 0 Å². The molecule has 1 aliphatic heterocycles. The highest BCUT2D eigenvalue weighted by atomic mass is 19.4. The Bertz CT molecular complexity index is 900. The van der Waals surface area contributed by atoms with Gasteiger partial charge in [0.1, 0.15) is 5.69 Å². The van der Waals surface area contributed by atoms with Crippen molar-refractivity contribution >= 4 is 11.7 Å². The summed E-state index contributed by atoms with van der Waals surface area (Å²) in [5, 5.41) is 4.37. The standard InChI is InChI=1S/C21H26F3N5O/c1-15(2)29-13-16(10-26-29)12-28-19(30)27(14-20(28)8-4-3-5-9-20)17-6-7-18(25-11-17)21(22,23)24/h6-7,10-11,13,15H,3-5,8-9,12,14H2,1-2H3. The highest BCUT2D eigenvalue weighted by Gasteiger charge is 2.50. The minimum atomic E-state index is -4.50. The number of anilines is 1. The molecule has 30 heavy (non-hydrogen) atoms. The summed E-state index contributed by atoms with van der Waals surface area (Å²) < 4.78 is 40.5. The molecular formula is C21H26F3N5O. The summed E-state index contributed by atoms with van der Waals surface area (Å²) in [5.74, 6) is 0. The van der Waals surface area contributed by atoms with Gasteiger partial charge in [-0.2, -0.15) is 18.3 Å². The fourth-order valence-corrected chi connectivity index (χ4v) is 4.51. The van der Waals surface area contributed by atoms with Crippen LogP contribution in [0.25, 0.3) is 0 Å². The van der Waals surface area contributed by atoms with Crippen molar-refractivity contribution in [2.75, 3.05) is 11.4 Å². The average molecular weight is 421 g/mol. The normalized spacial score (nSPS) is 19.3. The highest BCUT2D eigenvalue weighted by Crippen LogP contribution is 2.42. The van der Waals surface area contributed by atoms with E-state index < -0.39 is 11.9 Å². The Labute approximate surface area is 173 Å². The number of alkyl halides is 3.